The number of aromatic nitrogens is 1. The summed E-state index contributed by atoms with van der Waals surface area (Å²) >= 11 is 0. The predicted molar refractivity (Wildman–Crippen MR) is 78.9 cm³/mol. The average molecular weight is 281 g/mol. The van der Waals surface area contributed by atoms with Gasteiger partial charge in [-0.25, -0.2) is 0 Å². The zero-order valence-corrected chi connectivity index (χ0v) is 13.3. The van der Waals surface area contributed by atoms with E-state index < -0.39 is 0 Å². The maximum absolute atomic E-state index is 10.4. The molecule has 4 heteroatoms. The lowest BCUT2D eigenvalue weighted by Crippen LogP contribution is -2.30. The lowest BCUT2D eigenvalue weighted by molar-refractivity contribution is 0.0168. The molecule has 1 aliphatic rings. The van der Waals surface area contributed by atoms with E-state index in [1.54, 1.807) is 14.2 Å². The highest BCUT2D eigenvalue weighted by Gasteiger charge is 2.34. The van der Waals surface area contributed by atoms with Crippen molar-refractivity contribution in [3.63, 3.8) is 0 Å². The van der Waals surface area contributed by atoms with Gasteiger partial charge in [-0.2, -0.15) is 0 Å². The number of hydrogen-bond acceptors (Lipinski definition) is 3. The molecule has 0 amide bonds. The standard InChI is InChI=1S/C16H27NO3/c1-11-6-13-14(7-16(2,3)8-15(13)18)17(11)9-12(20-5)10-19-4/h6,12,15,18H,7-10H2,1-5H3. The van der Waals surface area contributed by atoms with Gasteiger partial charge in [0.25, 0.3) is 0 Å². The van der Waals surface area contributed by atoms with Crippen LogP contribution in [0.15, 0.2) is 6.07 Å². The lowest BCUT2D eigenvalue weighted by Gasteiger charge is -2.34. The van der Waals surface area contributed by atoms with Gasteiger partial charge in [0.1, 0.15) is 0 Å². The van der Waals surface area contributed by atoms with Gasteiger partial charge in [0.05, 0.1) is 25.4 Å². The molecule has 0 aliphatic heterocycles. The van der Waals surface area contributed by atoms with Crippen molar-refractivity contribution in [2.75, 3.05) is 20.8 Å². The zero-order valence-electron chi connectivity index (χ0n) is 13.3. The number of hydrogen-bond donors (Lipinski definition) is 1. The van der Waals surface area contributed by atoms with Gasteiger partial charge in [0.2, 0.25) is 0 Å². The van der Waals surface area contributed by atoms with Crippen LogP contribution < -0.4 is 0 Å². The van der Waals surface area contributed by atoms with Crippen LogP contribution in [0.1, 0.15) is 43.3 Å². The minimum atomic E-state index is -0.350. The molecule has 0 spiro atoms. The largest absolute Gasteiger partial charge is 0.388 e. The van der Waals surface area contributed by atoms with E-state index in [0.29, 0.717) is 6.61 Å². The summed E-state index contributed by atoms with van der Waals surface area (Å²) in [5.41, 5.74) is 3.67. The first-order chi connectivity index (χ1) is 9.38. The maximum Gasteiger partial charge on any atom is 0.0982 e. The summed E-state index contributed by atoms with van der Waals surface area (Å²) in [6, 6.07) is 2.12. The van der Waals surface area contributed by atoms with Crippen LogP contribution in [0.25, 0.3) is 0 Å². The first-order valence-electron chi connectivity index (χ1n) is 7.26. The molecule has 2 unspecified atom stereocenters. The number of methoxy groups -OCH3 is 2. The van der Waals surface area contributed by atoms with E-state index in [2.05, 4.69) is 31.4 Å². The Bertz CT molecular complexity index is 465. The van der Waals surface area contributed by atoms with Crippen molar-refractivity contribution in [1.82, 2.24) is 4.57 Å². The van der Waals surface area contributed by atoms with E-state index in [0.717, 1.165) is 24.9 Å². The Labute approximate surface area is 121 Å². The van der Waals surface area contributed by atoms with Crippen LogP contribution in [0.3, 0.4) is 0 Å². The zero-order chi connectivity index (χ0) is 14.9. The van der Waals surface area contributed by atoms with Gasteiger partial charge in [-0.1, -0.05) is 13.8 Å². The van der Waals surface area contributed by atoms with Gasteiger partial charge in [-0.15, -0.1) is 0 Å². The first kappa shape index (κ1) is 15.5. The second kappa shape index (κ2) is 5.88. The van der Waals surface area contributed by atoms with Crippen molar-refractivity contribution in [1.29, 1.82) is 0 Å². The molecule has 20 heavy (non-hydrogen) atoms. The molecule has 2 rings (SSSR count). The third kappa shape index (κ3) is 3.08. The Kier molecular flexibility index (Phi) is 4.57. The van der Waals surface area contributed by atoms with Crippen LogP contribution in [0.5, 0.6) is 0 Å². The van der Waals surface area contributed by atoms with E-state index in [4.69, 9.17) is 9.47 Å². The van der Waals surface area contributed by atoms with E-state index >= 15 is 0 Å². The van der Waals surface area contributed by atoms with Crippen molar-refractivity contribution in [3.8, 4) is 0 Å². The summed E-state index contributed by atoms with van der Waals surface area (Å²) in [7, 11) is 3.41. The van der Waals surface area contributed by atoms with Crippen molar-refractivity contribution in [3.05, 3.63) is 23.0 Å². The molecule has 1 aliphatic carbocycles. The Morgan fingerprint density at radius 3 is 2.75 bits per heavy atom. The van der Waals surface area contributed by atoms with E-state index in [1.807, 2.05) is 0 Å². The number of fused-ring (bicyclic) bond motifs is 1. The smallest absolute Gasteiger partial charge is 0.0982 e. The SMILES string of the molecule is COCC(Cn1c(C)cc2c1CC(C)(C)CC2O)OC. The van der Waals surface area contributed by atoms with Crippen LogP contribution >= 0.6 is 0 Å². The molecular formula is C16H27NO3. The molecule has 0 saturated heterocycles. The molecule has 2 atom stereocenters. The third-order valence-electron chi connectivity index (χ3n) is 4.27. The molecule has 0 bridgehead atoms. The summed E-state index contributed by atoms with van der Waals surface area (Å²) in [6.45, 7) is 7.88. The minimum absolute atomic E-state index is 0.0392. The molecular weight excluding hydrogens is 254 g/mol. The van der Waals surface area contributed by atoms with Crippen LogP contribution in [-0.4, -0.2) is 36.6 Å². The van der Waals surface area contributed by atoms with E-state index in [9.17, 15) is 5.11 Å². The number of aliphatic hydroxyl groups is 1. The monoisotopic (exact) mass is 281 g/mol. The van der Waals surface area contributed by atoms with Gasteiger partial charge in [-0.05, 0) is 31.2 Å². The van der Waals surface area contributed by atoms with Crippen molar-refractivity contribution in [2.45, 2.75) is 52.4 Å². The molecule has 1 aromatic rings. The fourth-order valence-electron chi connectivity index (χ4n) is 3.24. The van der Waals surface area contributed by atoms with Crippen LogP contribution in [0, 0.1) is 12.3 Å². The summed E-state index contributed by atoms with van der Waals surface area (Å²) in [5.74, 6) is 0. The second-order valence-corrected chi connectivity index (χ2v) is 6.67. The molecule has 0 radical (unpaired) electrons. The van der Waals surface area contributed by atoms with Crippen molar-refractivity contribution >= 4 is 0 Å². The van der Waals surface area contributed by atoms with Crippen LogP contribution in [-0.2, 0) is 22.4 Å². The summed E-state index contributed by atoms with van der Waals surface area (Å²) < 4.78 is 13.0. The molecule has 114 valence electrons. The summed E-state index contributed by atoms with van der Waals surface area (Å²) in [6.07, 6.45) is 1.51. The molecule has 4 nitrogen and oxygen atoms in total. The van der Waals surface area contributed by atoms with Crippen molar-refractivity contribution in [2.24, 2.45) is 5.41 Å². The average Bonchev–Trinajstić information content (AvgIpc) is 2.65. The fraction of sp³-hybridized carbons (Fsp3) is 0.750. The van der Waals surface area contributed by atoms with Gasteiger partial charge < -0.3 is 19.1 Å². The summed E-state index contributed by atoms with van der Waals surface area (Å²) in [5, 5.41) is 10.4. The minimum Gasteiger partial charge on any atom is -0.388 e. The quantitative estimate of drug-likeness (QED) is 0.901. The topological polar surface area (TPSA) is 43.6 Å². The highest BCUT2D eigenvalue weighted by atomic mass is 16.5. The Hall–Kier alpha value is -0.840. The van der Waals surface area contributed by atoms with Gasteiger partial charge in [0.15, 0.2) is 0 Å². The summed E-state index contributed by atoms with van der Waals surface area (Å²) in [4.78, 5) is 0. The highest BCUT2D eigenvalue weighted by molar-refractivity contribution is 5.33. The molecule has 1 N–H and O–H groups in total. The Balaban J connectivity index is 2.31. The van der Waals surface area contributed by atoms with Gasteiger partial charge in [0, 0.05) is 31.2 Å². The number of aliphatic hydroxyl groups excluding tert-OH is 1. The van der Waals surface area contributed by atoms with E-state index in [-0.39, 0.29) is 17.6 Å². The molecule has 0 fully saturated rings. The molecule has 0 aromatic carbocycles. The lowest BCUT2D eigenvalue weighted by atomic mass is 9.75. The van der Waals surface area contributed by atoms with Gasteiger partial charge in [-0.3, -0.25) is 0 Å². The second-order valence-electron chi connectivity index (χ2n) is 6.67. The van der Waals surface area contributed by atoms with Crippen molar-refractivity contribution < 1.29 is 14.6 Å². The Morgan fingerprint density at radius 2 is 2.15 bits per heavy atom. The van der Waals surface area contributed by atoms with E-state index in [1.165, 1.54) is 11.4 Å². The highest BCUT2D eigenvalue weighted by Crippen LogP contribution is 2.42. The predicted octanol–water partition coefficient (Wildman–Crippen LogP) is 2.46. The number of ether oxygens (including phenoxy) is 2. The van der Waals surface area contributed by atoms with Crippen LogP contribution in [0.4, 0.5) is 0 Å². The van der Waals surface area contributed by atoms with Gasteiger partial charge >= 0.3 is 0 Å². The Morgan fingerprint density at radius 1 is 1.45 bits per heavy atom. The fourth-order valence-corrected chi connectivity index (χ4v) is 3.24. The number of rotatable bonds is 5. The maximum atomic E-state index is 10.4. The number of aryl methyl sites for hydroxylation is 1. The third-order valence-corrected chi connectivity index (χ3v) is 4.27. The molecule has 1 aromatic heterocycles. The molecule has 0 saturated carbocycles. The molecule has 1 heterocycles. The number of nitrogens with zero attached hydrogens (tertiary/aromatic N) is 1. The van der Waals surface area contributed by atoms with Crippen LogP contribution in [0.2, 0.25) is 0 Å². The normalized spacial score (nSPS) is 22.6. The first-order valence-corrected chi connectivity index (χ1v) is 7.26.